The molecule has 0 bridgehead atoms. The number of ether oxygens (including phenoxy) is 1. The summed E-state index contributed by atoms with van der Waals surface area (Å²) in [4.78, 5) is 0. The quantitative estimate of drug-likeness (QED) is 0.857. The monoisotopic (exact) mass is 262 g/mol. The van der Waals surface area contributed by atoms with E-state index in [4.69, 9.17) is 10.5 Å². The van der Waals surface area contributed by atoms with Crippen LogP contribution in [-0.2, 0) is 0 Å². The lowest BCUT2D eigenvalue weighted by Gasteiger charge is -2.47. The number of nitrogens with two attached hydrogens (primary N) is 1. The average molecular weight is 262 g/mol. The zero-order chi connectivity index (χ0) is 14.0. The van der Waals surface area contributed by atoms with Crippen molar-refractivity contribution in [1.29, 1.82) is 0 Å². The molecule has 1 aliphatic rings. The minimum atomic E-state index is 0.110. The number of benzene rings is 1. The molecule has 1 fully saturated rings. The van der Waals surface area contributed by atoms with Crippen molar-refractivity contribution in [2.75, 3.05) is 20.7 Å². The highest BCUT2D eigenvalue weighted by molar-refractivity contribution is 5.45. The molecule has 0 amide bonds. The molecule has 2 rings (SSSR count). The van der Waals surface area contributed by atoms with Gasteiger partial charge in [0.2, 0.25) is 0 Å². The fourth-order valence-electron chi connectivity index (χ4n) is 3.29. The summed E-state index contributed by atoms with van der Waals surface area (Å²) in [7, 11) is 3.73. The SMILES string of the molecule is CNCC1(C(N)c2ccc(OC)c(C)c2C)CCC1. The Balaban J connectivity index is 2.33. The smallest absolute Gasteiger partial charge is 0.122 e. The molecule has 1 aromatic carbocycles. The van der Waals surface area contributed by atoms with E-state index >= 15 is 0 Å². The minimum Gasteiger partial charge on any atom is -0.496 e. The Labute approximate surface area is 116 Å². The van der Waals surface area contributed by atoms with Gasteiger partial charge in [-0.2, -0.15) is 0 Å². The zero-order valence-electron chi connectivity index (χ0n) is 12.5. The molecule has 3 nitrogen and oxygen atoms in total. The van der Waals surface area contributed by atoms with Gasteiger partial charge in [-0.15, -0.1) is 0 Å². The highest BCUT2D eigenvalue weighted by Gasteiger charge is 2.42. The van der Waals surface area contributed by atoms with Crippen LogP contribution in [0.2, 0.25) is 0 Å². The van der Waals surface area contributed by atoms with Crippen LogP contribution >= 0.6 is 0 Å². The minimum absolute atomic E-state index is 0.110. The molecule has 0 aromatic heterocycles. The summed E-state index contributed by atoms with van der Waals surface area (Å²) in [5.74, 6) is 0.949. The Kier molecular flexibility index (Phi) is 4.16. The molecule has 1 atom stereocenters. The third-order valence-electron chi connectivity index (χ3n) is 4.87. The van der Waals surface area contributed by atoms with Crippen LogP contribution in [0, 0.1) is 19.3 Å². The van der Waals surface area contributed by atoms with E-state index in [0.717, 1.165) is 12.3 Å². The molecular weight excluding hydrogens is 236 g/mol. The van der Waals surface area contributed by atoms with Crippen LogP contribution in [0.4, 0.5) is 0 Å². The highest BCUT2D eigenvalue weighted by atomic mass is 16.5. The summed E-state index contributed by atoms with van der Waals surface area (Å²) >= 11 is 0. The van der Waals surface area contributed by atoms with E-state index < -0.39 is 0 Å². The molecule has 3 N–H and O–H groups in total. The van der Waals surface area contributed by atoms with Crippen LogP contribution in [0.3, 0.4) is 0 Å². The summed E-state index contributed by atoms with van der Waals surface area (Å²) in [5, 5.41) is 3.31. The van der Waals surface area contributed by atoms with Gasteiger partial charge in [-0.1, -0.05) is 12.5 Å². The van der Waals surface area contributed by atoms with Gasteiger partial charge in [0.25, 0.3) is 0 Å². The molecule has 0 radical (unpaired) electrons. The first kappa shape index (κ1) is 14.4. The molecular formula is C16H26N2O. The van der Waals surface area contributed by atoms with Crippen molar-refractivity contribution >= 4 is 0 Å². The Morgan fingerprint density at radius 2 is 2.00 bits per heavy atom. The second-order valence-corrected chi connectivity index (χ2v) is 5.83. The van der Waals surface area contributed by atoms with E-state index in [1.807, 2.05) is 13.1 Å². The Morgan fingerprint density at radius 1 is 1.32 bits per heavy atom. The Bertz CT molecular complexity index is 452. The maximum Gasteiger partial charge on any atom is 0.122 e. The molecule has 19 heavy (non-hydrogen) atoms. The van der Waals surface area contributed by atoms with Crippen LogP contribution in [0.5, 0.6) is 5.75 Å². The molecule has 3 heteroatoms. The van der Waals surface area contributed by atoms with Gasteiger partial charge in [0, 0.05) is 18.0 Å². The molecule has 0 saturated heterocycles. The third-order valence-corrected chi connectivity index (χ3v) is 4.87. The maximum atomic E-state index is 6.60. The number of nitrogens with one attached hydrogen (secondary N) is 1. The lowest BCUT2D eigenvalue weighted by atomic mass is 9.62. The second kappa shape index (κ2) is 5.51. The van der Waals surface area contributed by atoms with Crippen molar-refractivity contribution in [3.63, 3.8) is 0 Å². The van der Waals surface area contributed by atoms with E-state index in [1.54, 1.807) is 7.11 Å². The Morgan fingerprint density at radius 3 is 2.47 bits per heavy atom. The van der Waals surface area contributed by atoms with Crippen LogP contribution in [0.15, 0.2) is 12.1 Å². The molecule has 1 unspecified atom stereocenters. The average Bonchev–Trinajstić information content (AvgIpc) is 2.36. The van der Waals surface area contributed by atoms with Gasteiger partial charge in [-0.25, -0.2) is 0 Å². The van der Waals surface area contributed by atoms with Gasteiger partial charge >= 0.3 is 0 Å². The normalized spacial score (nSPS) is 18.8. The number of hydrogen-bond donors (Lipinski definition) is 2. The Hall–Kier alpha value is -1.06. The van der Waals surface area contributed by atoms with Gasteiger partial charge in [0.05, 0.1) is 7.11 Å². The summed E-state index contributed by atoms with van der Waals surface area (Å²) in [6, 6.07) is 4.29. The van der Waals surface area contributed by atoms with Crippen LogP contribution in [0.1, 0.15) is 42.0 Å². The van der Waals surface area contributed by atoms with Gasteiger partial charge < -0.3 is 15.8 Å². The molecule has 1 saturated carbocycles. The van der Waals surface area contributed by atoms with Crippen molar-refractivity contribution in [1.82, 2.24) is 5.32 Å². The van der Waals surface area contributed by atoms with Crippen molar-refractivity contribution in [3.05, 3.63) is 28.8 Å². The molecule has 0 aliphatic heterocycles. The first-order chi connectivity index (χ1) is 9.05. The lowest BCUT2D eigenvalue weighted by Crippen LogP contribution is -2.47. The first-order valence-corrected chi connectivity index (χ1v) is 7.10. The van der Waals surface area contributed by atoms with Crippen LogP contribution in [0.25, 0.3) is 0 Å². The molecule has 0 heterocycles. The summed E-state index contributed by atoms with van der Waals surface area (Å²) in [5.41, 5.74) is 10.6. The van der Waals surface area contributed by atoms with Crippen molar-refractivity contribution in [2.24, 2.45) is 11.1 Å². The van der Waals surface area contributed by atoms with E-state index in [2.05, 4.69) is 25.2 Å². The lowest BCUT2D eigenvalue weighted by molar-refractivity contribution is 0.0944. The van der Waals surface area contributed by atoms with Crippen molar-refractivity contribution in [2.45, 2.75) is 39.2 Å². The van der Waals surface area contributed by atoms with Gasteiger partial charge in [0.1, 0.15) is 5.75 Å². The summed E-state index contributed by atoms with van der Waals surface area (Å²) in [6.45, 7) is 5.26. The predicted octanol–water partition coefficient (Wildman–Crippen LogP) is 2.70. The van der Waals surface area contributed by atoms with Crippen molar-refractivity contribution < 1.29 is 4.74 Å². The maximum absolute atomic E-state index is 6.60. The summed E-state index contributed by atoms with van der Waals surface area (Å²) < 4.78 is 5.38. The van der Waals surface area contributed by atoms with Crippen LogP contribution in [-0.4, -0.2) is 20.7 Å². The standard InChI is InChI=1S/C16H26N2O/c1-11-12(2)14(19-4)7-6-13(11)15(17)16(10-18-3)8-5-9-16/h6-7,15,18H,5,8-10,17H2,1-4H3. The fraction of sp³-hybridized carbons (Fsp3) is 0.625. The van der Waals surface area contributed by atoms with Gasteiger partial charge in [-0.05, 0) is 56.5 Å². The predicted molar refractivity (Wildman–Crippen MR) is 79.6 cm³/mol. The topological polar surface area (TPSA) is 47.3 Å². The highest BCUT2D eigenvalue weighted by Crippen LogP contribution is 2.49. The van der Waals surface area contributed by atoms with Gasteiger partial charge in [0.15, 0.2) is 0 Å². The van der Waals surface area contributed by atoms with E-state index in [0.29, 0.717) is 0 Å². The van der Waals surface area contributed by atoms with E-state index in [9.17, 15) is 0 Å². The third kappa shape index (κ3) is 2.37. The first-order valence-electron chi connectivity index (χ1n) is 7.10. The van der Waals surface area contributed by atoms with E-state index in [1.165, 1.54) is 36.0 Å². The largest absolute Gasteiger partial charge is 0.496 e. The molecule has 1 aromatic rings. The summed E-state index contributed by atoms with van der Waals surface area (Å²) in [6.07, 6.45) is 3.74. The fourth-order valence-corrected chi connectivity index (χ4v) is 3.29. The molecule has 0 spiro atoms. The second-order valence-electron chi connectivity index (χ2n) is 5.83. The number of rotatable bonds is 5. The number of methoxy groups -OCH3 is 1. The van der Waals surface area contributed by atoms with Crippen molar-refractivity contribution in [3.8, 4) is 5.75 Å². The number of hydrogen-bond acceptors (Lipinski definition) is 3. The zero-order valence-corrected chi connectivity index (χ0v) is 12.5. The van der Waals surface area contributed by atoms with E-state index in [-0.39, 0.29) is 11.5 Å². The molecule has 1 aliphatic carbocycles. The van der Waals surface area contributed by atoms with Gasteiger partial charge in [-0.3, -0.25) is 0 Å². The molecule has 106 valence electrons. The van der Waals surface area contributed by atoms with Crippen LogP contribution < -0.4 is 15.8 Å².